The molecule has 0 bridgehead atoms. The van der Waals surface area contributed by atoms with E-state index in [1.165, 1.54) is 21.8 Å². The Morgan fingerprint density at radius 2 is 2.00 bits per heavy atom. The lowest BCUT2D eigenvalue weighted by Crippen LogP contribution is -2.36. The van der Waals surface area contributed by atoms with E-state index in [9.17, 15) is 4.39 Å². The highest BCUT2D eigenvalue weighted by Crippen LogP contribution is 2.32. The maximum absolute atomic E-state index is 13.6. The van der Waals surface area contributed by atoms with Crippen molar-refractivity contribution in [2.75, 3.05) is 26.3 Å². The van der Waals surface area contributed by atoms with Gasteiger partial charge in [-0.1, -0.05) is 12.1 Å². The number of ether oxygens (including phenoxy) is 1. The minimum absolute atomic E-state index is 0.342. The largest absolute Gasteiger partial charge is 0.379 e. The first-order valence-electron chi connectivity index (χ1n) is 9.71. The van der Waals surface area contributed by atoms with E-state index in [-0.39, 0.29) is 5.82 Å². The molecule has 0 unspecified atom stereocenters. The van der Waals surface area contributed by atoms with Gasteiger partial charge in [-0.15, -0.1) is 26.3 Å². The number of thiophene rings is 1. The number of benzene rings is 1. The van der Waals surface area contributed by atoms with E-state index >= 15 is 0 Å². The fraction of sp³-hybridized carbons (Fsp3) is 0.350. The van der Waals surface area contributed by atoms with Gasteiger partial charge < -0.3 is 4.74 Å². The Balaban J connectivity index is 1.58. The molecule has 1 aliphatic rings. The number of nitrogens with zero attached hydrogens (tertiary/aromatic N) is 7. The molecule has 4 aromatic rings. The minimum Gasteiger partial charge on any atom is -0.379 e. The predicted molar refractivity (Wildman–Crippen MR) is 111 cm³/mol. The molecule has 1 saturated heterocycles. The summed E-state index contributed by atoms with van der Waals surface area (Å²) in [7, 11) is 0. The van der Waals surface area contributed by atoms with E-state index in [4.69, 9.17) is 14.7 Å². The average Bonchev–Trinajstić information content (AvgIpc) is 3.34. The topological polar surface area (TPSA) is 81.9 Å². The van der Waals surface area contributed by atoms with Gasteiger partial charge in [-0.05, 0) is 36.8 Å². The van der Waals surface area contributed by atoms with Gasteiger partial charge in [-0.2, -0.15) is 0 Å². The highest BCUT2D eigenvalue weighted by Gasteiger charge is 2.20. The zero-order chi connectivity index (χ0) is 20.7. The van der Waals surface area contributed by atoms with Crippen molar-refractivity contribution in [3.63, 3.8) is 0 Å². The second kappa shape index (κ2) is 7.78. The van der Waals surface area contributed by atoms with Crippen LogP contribution in [0.1, 0.15) is 16.3 Å². The van der Waals surface area contributed by atoms with Gasteiger partial charge >= 0.3 is 0 Å². The normalized spacial score (nSPS) is 15.2. The quantitative estimate of drug-likeness (QED) is 0.497. The molecule has 0 N–H and O–H groups in total. The Hall–Kier alpha value is -2.82. The lowest BCUT2D eigenvalue weighted by molar-refractivity contribution is 0.0331. The Kier molecular flexibility index (Phi) is 4.97. The Bertz CT molecular complexity index is 1220. The van der Waals surface area contributed by atoms with Gasteiger partial charge in [0.1, 0.15) is 16.5 Å². The van der Waals surface area contributed by atoms with Crippen LogP contribution < -0.4 is 0 Å². The van der Waals surface area contributed by atoms with Gasteiger partial charge in [-0.25, -0.2) is 14.4 Å². The molecule has 154 valence electrons. The lowest BCUT2D eigenvalue weighted by Gasteiger charge is -2.25. The number of halogens is 1. The summed E-state index contributed by atoms with van der Waals surface area (Å²) >= 11 is 1.64. The number of aryl methyl sites for hydroxylation is 2. The summed E-state index contributed by atoms with van der Waals surface area (Å²) in [5.41, 5.74) is 1.67. The molecule has 30 heavy (non-hydrogen) atoms. The molecular formula is C20H20FN7OS. The number of hydrogen-bond acceptors (Lipinski definition) is 8. The standard InChI is InChI=1S/C20H20FN7OS/c1-12-13(2)30-20-17(12)19(22-16(23-20)11-27-6-8-29-9-7-27)28-25-18(24-26-28)14-4-3-5-15(21)10-14/h3-5,10H,6-9,11H2,1-2H3. The van der Waals surface area contributed by atoms with Crippen LogP contribution in [0.3, 0.4) is 0 Å². The molecule has 1 aliphatic heterocycles. The van der Waals surface area contributed by atoms with Crippen LogP contribution in [0.2, 0.25) is 0 Å². The monoisotopic (exact) mass is 425 g/mol. The molecule has 0 aliphatic carbocycles. The maximum atomic E-state index is 13.6. The van der Waals surface area contributed by atoms with Crippen molar-refractivity contribution in [1.82, 2.24) is 35.1 Å². The first-order chi connectivity index (χ1) is 14.6. The SMILES string of the molecule is Cc1sc2nc(CN3CCOCC3)nc(-n3nnc(-c4cccc(F)c4)n3)c2c1C. The van der Waals surface area contributed by atoms with E-state index in [0.717, 1.165) is 28.9 Å². The van der Waals surface area contributed by atoms with Gasteiger partial charge in [-0.3, -0.25) is 4.90 Å². The van der Waals surface area contributed by atoms with Crippen LogP contribution in [0, 0.1) is 19.7 Å². The third-order valence-electron chi connectivity index (χ3n) is 5.21. The number of hydrogen-bond donors (Lipinski definition) is 0. The second-order valence-electron chi connectivity index (χ2n) is 7.23. The highest BCUT2D eigenvalue weighted by molar-refractivity contribution is 7.18. The van der Waals surface area contributed by atoms with Crippen molar-refractivity contribution >= 4 is 21.6 Å². The number of aromatic nitrogens is 6. The Morgan fingerprint density at radius 1 is 1.17 bits per heavy atom. The van der Waals surface area contributed by atoms with Crippen LogP contribution in [0.25, 0.3) is 27.4 Å². The second-order valence-corrected chi connectivity index (χ2v) is 8.43. The number of rotatable bonds is 4. The van der Waals surface area contributed by atoms with E-state index < -0.39 is 0 Å². The molecule has 1 aromatic carbocycles. The van der Waals surface area contributed by atoms with E-state index in [1.54, 1.807) is 23.5 Å². The van der Waals surface area contributed by atoms with Crippen molar-refractivity contribution in [2.45, 2.75) is 20.4 Å². The van der Waals surface area contributed by atoms with Gasteiger partial charge in [0.15, 0.2) is 5.82 Å². The summed E-state index contributed by atoms with van der Waals surface area (Å²) in [6.07, 6.45) is 0. The Labute approximate surface area is 176 Å². The van der Waals surface area contributed by atoms with Crippen molar-refractivity contribution in [3.05, 3.63) is 46.3 Å². The van der Waals surface area contributed by atoms with Gasteiger partial charge in [0, 0.05) is 23.5 Å². The maximum Gasteiger partial charge on any atom is 0.205 e. The molecule has 0 amide bonds. The number of tetrazole rings is 1. The fourth-order valence-corrected chi connectivity index (χ4v) is 4.54. The molecule has 0 atom stereocenters. The number of fused-ring (bicyclic) bond motifs is 1. The minimum atomic E-state index is -0.342. The van der Waals surface area contributed by atoms with Crippen molar-refractivity contribution in [1.29, 1.82) is 0 Å². The van der Waals surface area contributed by atoms with E-state index in [1.807, 2.05) is 6.92 Å². The first kappa shape index (κ1) is 19.2. The van der Waals surface area contributed by atoms with Crippen LogP contribution in [-0.4, -0.2) is 61.4 Å². The molecule has 3 aromatic heterocycles. The molecule has 8 nitrogen and oxygen atoms in total. The summed E-state index contributed by atoms with van der Waals surface area (Å²) in [5, 5.41) is 13.7. The zero-order valence-electron chi connectivity index (χ0n) is 16.7. The fourth-order valence-electron chi connectivity index (χ4n) is 3.49. The van der Waals surface area contributed by atoms with Gasteiger partial charge in [0.25, 0.3) is 0 Å². The van der Waals surface area contributed by atoms with Crippen molar-refractivity contribution in [3.8, 4) is 17.2 Å². The molecule has 1 fully saturated rings. The third-order valence-corrected chi connectivity index (χ3v) is 6.31. The zero-order valence-corrected chi connectivity index (χ0v) is 17.5. The first-order valence-corrected chi connectivity index (χ1v) is 10.5. The summed E-state index contributed by atoms with van der Waals surface area (Å²) in [5.74, 6) is 1.32. The average molecular weight is 425 g/mol. The van der Waals surface area contributed by atoms with Crippen LogP contribution in [-0.2, 0) is 11.3 Å². The molecule has 4 heterocycles. The summed E-state index contributed by atoms with van der Waals surface area (Å²) in [6, 6.07) is 6.16. The van der Waals surface area contributed by atoms with Gasteiger partial charge in [0.05, 0.1) is 25.1 Å². The molecule has 10 heteroatoms. The molecule has 0 saturated carbocycles. The summed E-state index contributed by atoms with van der Waals surface area (Å²) in [6.45, 7) is 7.89. The predicted octanol–water partition coefficient (Wildman–Crippen LogP) is 2.92. The summed E-state index contributed by atoms with van der Waals surface area (Å²) < 4.78 is 19.0. The van der Waals surface area contributed by atoms with Crippen LogP contribution in [0.15, 0.2) is 24.3 Å². The lowest BCUT2D eigenvalue weighted by atomic mass is 10.2. The third kappa shape index (κ3) is 3.57. The van der Waals surface area contributed by atoms with E-state index in [0.29, 0.717) is 42.8 Å². The molecular weight excluding hydrogens is 405 g/mol. The Morgan fingerprint density at radius 3 is 2.80 bits per heavy atom. The molecule has 0 spiro atoms. The number of morpholine rings is 1. The molecule has 5 rings (SSSR count). The van der Waals surface area contributed by atoms with Gasteiger partial charge in [0.2, 0.25) is 5.82 Å². The van der Waals surface area contributed by atoms with Crippen LogP contribution >= 0.6 is 11.3 Å². The van der Waals surface area contributed by atoms with Crippen molar-refractivity contribution < 1.29 is 9.13 Å². The van der Waals surface area contributed by atoms with E-state index in [2.05, 4.69) is 27.2 Å². The highest BCUT2D eigenvalue weighted by atomic mass is 32.1. The summed E-state index contributed by atoms with van der Waals surface area (Å²) in [4.78, 5) is 15.4. The van der Waals surface area contributed by atoms with Crippen LogP contribution in [0.4, 0.5) is 4.39 Å². The smallest absolute Gasteiger partial charge is 0.205 e. The molecule has 0 radical (unpaired) electrons. The van der Waals surface area contributed by atoms with Crippen molar-refractivity contribution in [2.24, 2.45) is 0 Å². The van der Waals surface area contributed by atoms with Crippen LogP contribution in [0.5, 0.6) is 0 Å².